The van der Waals surface area contributed by atoms with Gasteiger partial charge in [0.1, 0.15) is 12.4 Å². The number of nitrogens with one attached hydrogen (secondary N) is 1. The van der Waals surface area contributed by atoms with Crippen LogP contribution in [0.5, 0.6) is 11.5 Å². The van der Waals surface area contributed by atoms with E-state index in [0.29, 0.717) is 29.6 Å². The molecule has 33 heavy (non-hydrogen) atoms. The van der Waals surface area contributed by atoms with Gasteiger partial charge in [-0.15, -0.1) is 0 Å². The summed E-state index contributed by atoms with van der Waals surface area (Å²) in [7, 11) is 2.80. The summed E-state index contributed by atoms with van der Waals surface area (Å²) in [6, 6.07) is 9.87. The van der Waals surface area contributed by atoms with Gasteiger partial charge in [-0.25, -0.2) is 4.79 Å². The van der Waals surface area contributed by atoms with Gasteiger partial charge in [0.05, 0.1) is 36.1 Å². The second kappa shape index (κ2) is 10.7. The zero-order chi connectivity index (χ0) is 24.0. The average molecular weight is 471 g/mol. The third-order valence-corrected chi connectivity index (χ3v) is 5.14. The Kier molecular flexibility index (Phi) is 7.74. The van der Waals surface area contributed by atoms with Crippen LogP contribution in [0.3, 0.4) is 0 Å². The Morgan fingerprint density at radius 2 is 1.91 bits per heavy atom. The molecule has 0 aliphatic carbocycles. The van der Waals surface area contributed by atoms with Crippen LogP contribution in [0, 0.1) is 13.8 Å². The van der Waals surface area contributed by atoms with Crippen molar-refractivity contribution in [2.75, 3.05) is 19.5 Å². The standard InChI is InChI=1S/C24H23ClN2O6/c1-14-19(15(2)33-27-14)13-32-21-9-5-16(11-22(21)30-3)6-10-23(28)26-17-7-8-20(25)18(12-17)24(29)31-4/h5-12H,13H2,1-4H3,(H,26,28)/b10-6+. The zero-order valence-electron chi connectivity index (χ0n) is 18.6. The lowest BCUT2D eigenvalue weighted by Gasteiger charge is -2.11. The molecule has 3 rings (SSSR count). The number of nitrogens with zero attached hydrogens (tertiary/aromatic N) is 1. The molecule has 9 heteroatoms. The Morgan fingerprint density at radius 3 is 2.58 bits per heavy atom. The maximum absolute atomic E-state index is 12.3. The Bertz CT molecular complexity index is 1180. The van der Waals surface area contributed by atoms with Crippen LogP contribution in [0.25, 0.3) is 6.08 Å². The van der Waals surface area contributed by atoms with Crippen LogP contribution in [0.2, 0.25) is 5.02 Å². The van der Waals surface area contributed by atoms with Gasteiger partial charge in [-0.05, 0) is 55.8 Å². The Morgan fingerprint density at radius 1 is 1.12 bits per heavy atom. The average Bonchev–Trinajstić information content (AvgIpc) is 3.14. The van der Waals surface area contributed by atoms with E-state index in [1.54, 1.807) is 30.3 Å². The molecule has 0 radical (unpaired) electrons. The number of hydrogen-bond donors (Lipinski definition) is 1. The first-order valence-corrected chi connectivity index (χ1v) is 10.3. The molecule has 0 fully saturated rings. The molecule has 0 bridgehead atoms. The highest BCUT2D eigenvalue weighted by Crippen LogP contribution is 2.30. The van der Waals surface area contributed by atoms with Crippen molar-refractivity contribution in [1.29, 1.82) is 0 Å². The van der Waals surface area contributed by atoms with Crippen molar-refractivity contribution in [3.05, 3.63) is 75.6 Å². The van der Waals surface area contributed by atoms with E-state index < -0.39 is 5.97 Å². The van der Waals surface area contributed by atoms with Crippen molar-refractivity contribution < 1.29 is 28.3 Å². The zero-order valence-corrected chi connectivity index (χ0v) is 19.4. The lowest BCUT2D eigenvalue weighted by Crippen LogP contribution is -2.09. The van der Waals surface area contributed by atoms with Crippen molar-refractivity contribution in [3.8, 4) is 11.5 Å². The summed E-state index contributed by atoms with van der Waals surface area (Å²) < 4.78 is 21.1. The van der Waals surface area contributed by atoms with E-state index in [9.17, 15) is 9.59 Å². The smallest absolute Gasteiger partial charge is 0.339 e. The molecule has 0 aliphatic rings. The van der Waals surface area contributed by atoms with Crippen molar-refractivity contribution in [3.63, 3.8) is 0 Å². The van der Waals surface area contributed by atoms with Gasteiger partial charge in [-0.1, -0.05) is 22.8 Å². The number of esters is 1. The molecule has 1 aromatic heterocycles. The molecule has 0 aliphatic heterocycles. The van der Waals surface area contributed by atoms with Crippen molar-refractivity contribution >= 4 is 35.2 Å². The van der Waals surface area contributed by atoms with Crippen LogP contribution in [-0.4, -0.2) is 31.3 Å². The van der Waals surface area contributed by atoms with Crippen LogP contribution in [0.15, 0.2) is 47.0 Å². The highest BCUT2D eigenvalue weighted by Gasteiger charge is 2.13. The normalized spacial score (nSPS) is 10.8. The number of ether oxygens (including phenoxy) is 3. The molecule has 0 saturated heterocycles. The fourth-order valence-corrected chi connectivity index (χ4v) is 3.18. The van der Waals surface area contributed by atoms with Crippen LogP contribution in [0.4, 0.5) is 5.69 Å². The number of hydrogen-bond acceptors (Lipinski definition) is 7. The maximum atomic E-state index is 12.3. The van der Waals surface area contributed by atoms with Gasteiger partial charge in [0.2, 0.25) is 5.91 Å². The molecule has 2 aromatic carbocycles. The second-order valence-corrected chi connectivity index (χ2v) is 7.42. The van der Waals surface area contributed by atoms with Gasteiger partial charge in [0.25, 0.3) is 0 Å². The molecule has 3 aromatic rings. The number of aryl methyl sites for hydroxylation is 2. The monoisotopic (exact) mass is 470 g/mol. The van der Waals surface area contributed by atoms with E-state index in [1.165, 1.54) is 32.4 Å². The third kappa shape index (κ3) is 5.93. The highest BCUT2D eigenvalue weighted by molar-refractivity contribution is 6.33. The first-order chi connectivity index (χ1) is 15.8. The van der Waals surface area contributed by atoms with Crippen molar-refractivity contribution in [2.24, 2.45) is 0 Å². The predicted octanol–water partition coefficient (Wildman–Crippen LogP) is 4.97. The quantitative estimate of drug-likeness (QED) is 0.366. The van der Waals surface area contributed by atoms with E-state index in [1.807, 2.05) is 13.8 Å². The van der Waals surface area contributed by atoms with Gasteiger partial charge < -0.3 is 24.1 Å². The lowest BCUT2D eigenvalue weighted by atomic mass is 10.1. The van der Waals surface area contributed by atoms with E-state index in [-0.39, 0.29) is 16.5 Å². The Balaban J connectivity index is 1.67. The molecular formula is C24H23ClN2O6. The van der Waals surface area contributed by atoms with E-state index >= 15 is 0 Å². The number of carbonyl (C=O) groups excluding carboxylic acids is 2. The predicted molar refractivity (Wildman–Crippen MR) is 124 cm³/mol. The topological polar surface area (TPSA) is 99.9 Å². The molecule has 1 N–H and O–H groups in total. The maximum Gasteiger partial charge on any atom is 0.339 e. The number of anilines is 1. The van der Waals surface area contributed by atoms with Gasteiger partial charge in [0.15, 0.2) is 11.5 Å². The number of amides is 1. The lowest BCUT2D eigenvalue weighted by molar-refractivity contribution is -0.111. The molecule has 0 saturated carbocycles. The summed E-state index contributed by atoms with van der Waals surface area (Å²) in [6.45, 7) is 3.98. The summed E-state index contributed by atoms with van der Waals surface area (Å²) in [6.07, 6.45) is 3.00. The summed E-state index contributed by atoms with van der Waals surface area (Å²) in [5, 5.41) is 6.83. The number of carbonyl (C=O) groups is 2. The second-order valence-electron chi connectivity index (χ2n) is 7.01. The molecule has 0 atom stereocenters. The van der Waals surface area contributed by atoms with Gasteiger partial charge in [0, 0.05) is 11.8 Å². The first-order valence-electron chi connectivity index (χ1n) is 9.92. The summed E-state index contributed by atoms with van der Waals surface area (Å²) in [4.78, 5) is 24.1. The van der Waals surface area contributed by atoms with E-state index in [2.05, 4.69) is 15.2 Å². The molecule has 1 heterocycles. The van der Waals surface area contributed by atoms with Gasteiger partial charge >= 0.3 is 5.97 Å². The molecule has 0 spiro atoms. The van der Waals surface area contributed by atoms with Crippen LogP contribution >= 0.6 is 11.6 Å². The van der Waals surface area contributed by atoms with E-state index in [4.69, 9.17) is 25.6 Å². The minimum Gasteiger partial charge on any atom is -0.493 e. The Labute approximate surface area is 196 Å². The number of benzene rings is 2. The minimum absolute atomic E-state index is 0.165. The Hall–Kier alpha value is -3.78. The first kappa shape index (κ1) is 23.9. The molecule has 172 valence electrons. The van der Waals surface area contributed by atoms with Crippen LogP contribution in [-0.2, 0) is 16.1 Å². The summed E-state index contributed by atoms with van der Waals surface area (Å²) in [5.74, 6) is 0.804. The van der Waals surface area contributed by atoms with Crippen molar-refractivity contribution in [2.45, 2.75) is 20.5 Å². The van der Waals surface area contributed by atoms with Crippen molar-refractivity contribution in [1.82, 2.24) is 5.16 Å². The number of aromatic nitrogens is 1. The fourth-order valence-electron chi connectivity index (χ4n) is 2.99. The van der Waals surface area contributed by atoms with E-state index in [0.717, 1.165) is 16.8 Å². The van der Waals surface area contributed by atoms with Gasteiger partial charge in [-0.2, -0.15) is 0 Å². The molecule has 0 unspecified atom stereocenters. The van der Waals surface area contributed by atoms with Crippen LogP contribution in [0.1, 0.15) is 32.9 Å². The van der Waals surface area contributed by atoms with Crippen LogP contribution < -0.4 is 14.8 Å². The summed E-state index contributed by atoms with van der Waals surface area (Å²) in [5.41, 5.74) is 2.97. The fraction of sp³-hybridized carbons (Fsp3) is 0.208. The number of halogens is 1. The molecule has 8 nitrogen and oxygen atoms in total. The molecular weight excluding hydrogens is 448 g/mol. The highest BCUT2D eigenvalue weighted by atomic mass is 35.5. The van der Waals surface area contributed by atoms with Gasteiger partial charge in [-0.3, -0.25) is 4.79 Å². The number of rotatable bonds is 8. The SMILES string of the molecule is COC(=O)c1cc(NC(=O)/C=C/c2ccc(OCc3c(C)noc3C)c(OC)c2)ccc1Cl. The minimum atomic E-state index is -0.588. The third-order valence-electron chi connectivity index (χ3n) is 4.81. The largest absolute Gasteiger partial charge is 0.493 e. The molecule has 1 amide bonds. The number of methoxy groups -OCH3 is 2. The summed E-state index contributed by atoms with van der Waals surface area (Å²) >= 11 is 6.00.